The first-order valence-corrected chi connectivity index (χ1v) is 6.33. The molecule has 0 aromatic heterocycles. The quantitative estimate of drug-likeness (QED) is 0.741. The van der Waals surface area contributed by atoms with Crippen LogP contribution in [0.25, 0.3) is 0 Å². The number of nitrogens with zero attached hydrogens (tertiary/aromatic N) is 1. The third-order valence-corrected chi connectivity index (χ3v) is 2.91. The van der Waals surface area contributed by atoms with Crippen molar-refractivity contribution in [1.82, 2.24) is 5.32 Å². The van der Waals surface area contributed by atoms with E-state index in [1.54, 1.807) is 26.3 Å². The Bertz CT molecular complexity index is 493. The topological polar surface area (TPSA) is 78.9 Å². The SMILES string of the molecule is COCCNC(=O)CN(C)c1c(Cl)cccc1C(=O)O. The highest BCUT2D eigenvalue weighted by Crippen LogP contribution is 2.28. The van der Waals surface area contributed by atoms with Gasteiger partial charge in [-0.15, -0.1) is 0 Å². The number of aromatic carboxylic acids is 1. The maximum Gasteiger partial charge on any atom is 0.337 e. The summed E-state index contributed by atoms with van der Waals surface area (Å²) in [6, 6.07) is 4.59. The minimum atomic E-state index is -1.09. The fourth-order valence-corrected chi connectivity index (χ4v) is 2.04. The molecule has 0 unspecified atom stereocenters. The normalized spacial score (nSPS) is 10.2. The van der Waals surface area contributed by atoms with Gasteiger partial charge in [0.2, 0.25) is 5.91 Å². The molecule has 0 bridgehead atoms. The molecule has 0 heterocycles. The Labute approximate surface area is 122 Å². The summed E-state index contributed by atoms with van der Waals surface area (Å²) in [6.07, 6.45) is 0. The molecule has 1 rings (SSSR count). The second-order valence-corrected chi connectivity index (χ2v) is 4.55. The zero-order chi connectivity index (χ0) is 15.1. The minimum Gasteiger partial charge on any atom is -0.478 e. The molecule has 0 aliphatic rings. The van der Waals surface area contributed by atoms with Gasteiger partial charge in [-0.05, 0) is 12.1 Å². The van der Waals surface area contributed by atoms with E-state index in [-0.39, 0.29) is 23.0 Å². The first-order valence-electron chi connectivity index (χ1n) is 5.96. The highest BCUT2D eigenvalue weighted by molar-refractivity contribution is 6.34. The van der Waals surface area contributed by atoms with E-state index in [0.29, 0.717) is 18.8 Å². The lowest BCUT2D eigenvalue weighted by atomic mass is 10.1. The van der Waals surface area contributed by atoms with Gasteiger partial charge in [-0.3, -0.25) is 4.79 Å². The predicted octanol–water partition coefficient (Wildman–Crippen LogP) is 1.24. The number of nitrogens with one attached hydrogen (secondary N) is 1. The van der Waals surface area contributed by atoms with Gasteiger partial charge in [0.05, 0.1) is 29.4 Å². The summed E-state index contributed by atoms with van der Waals surface area (Å²) >= 11 is 6.02. The molecule has 0 spiro atoms. The van der Waals surface area contributed by atoms with Crippen molar-refractivity contribution < 1.29 is 19.4 Å². The van der Waals surface area contributed by atoms with Gasteiger partial charge in [0.25, 0.3) is 0 Å². The third kappa shape index (κ3) is 4.40. The van der Waals surface area contributed by atoms with Crippen LogP contribution in [0.4, 0.5) is 5.69 Å². The minimum absolute atomic E-state index is 0.00767. The van der Waals surface area contributed by atoms with Gasteiger partial charge in [0.1, 0.15) is 0 Å². The smallest absolute Gasteiger partial charge is 0.337 e. The fourth-order valence-electron chi connectivity index (χ4n) is 1.72. The Kier molecular flexibility index (Phi) is 6.27. The summed E-state index contributed by atoms with van der Waals surface area (Å²) in [4.78, 5) is 24.4. The highest BCUT2D eigenvalue weighted by atomic mass is 35.5. The molecule has 0 saturated heterocycles. The molecule has 1 aromatic rings. The molecule has 1 aromatic carbocycles. The van der Waals surface area contributed by atoms with Gasteiger partial charge in [-0.25, -0.2) is 4.79 Å². The average Bonchev–Trinajstić information content (AvgIpc) is 2.38. The van der Waals surface area contributed by atoms with E-state index < -0.39 is 5.97 Å². The summed E-state index contributed by atoms with van der Waals surface area (Å²) in [5.41, 5.74) is 0.383. The van der Waals surface area contributed by atoms with Crippen LogP contribution in [0.1, 0.15) is 10.4 Å². The van der Waals surface area contributed by atoms with Crippen LogP contribution < -0.4 is 10.2 Å². The zero-order valence-electron chi connectivity index (χ0n) is 11.4. The maximum absolute atomic E-state index is 11.7. The second kappa shape index (κ2) is 7.72. The number of anilines is 1. The molecule has 0 fully saturated rings. The Morgan fingerprint density at radius 2 is 2.15 bits per heavy atom. The summed E-state index contributed by atoms with van der Waals surface area (Å²) < 4.78 is 4.82. The largest absolute Gasteiger partial charge is 0.478 e. The molecule has 110 valence electrons. The summed E-state index contributed by atoms with van der Waals surface area (Å²) in [7, 11) is 3.16. The lowest BCUT2D eigenvalue weighted by Gasteiger charge is -2.21. The van der Waals surface area contributed by atoms with E-state index in [1.807, 2.05) is 0 Å². The second-order valence-electron chi connectivity index (χ2n) is 4.14. The molecular weight excluding hydrogens is 284 g/mol. The van der Waals surface area contributed by atoms with Crippen LogP contribution in [0.15, 0.2) is 18.2 Å². The third-order valence-electron chi connectivity index (χ3n) is 2.61. The first kappa shape index (κ1) is 16.3. The van der Waals surface area contributed by atoms with Crippen LogP contribution in [0.5, 0.6) is 0 Å². The van der Waals surface area contributed by atoms with Crippen LogP contribution in [0.2, 0.25) is 5.02 Å². The Balaban J connectivity index is 2.79. The maximum atomic E-state index is 11.7. The van der Waals surface area contributed by atoms with Crippen molar-refractivity contribution in [3.63, 3.8) is 0 Å². The first-order chi connectivity index (χ1) is 9.47. The van der Waals surface area contributed by atoms with E-state index in [9.17, 15) is 9.59 Å². The number of methoxy groups -OCH3 is 1. The van der Waals surface area contributed by atoms with E-state index >= 15 is 0 Å². The lowest BCUT2D eigenvalue weighted by Crippen LogP contribution is -2.37. The number of likely N-dealkylation sites (N-methyl/N-ethyl adjacent to an activating group) is 1. The molecule has 0 radical (unpaired) electrons. The van der Waals surface area contributed by atoms with Crippen molar-refractivity contribution in [3.8, 4) is 0 Å². The van der Waals surface area contributed by atoms with Gasteiger partial charge in [-0.2, -0.15) is 0 Å². The van der Waals surface area contributed by atoms with Gasteiger partial charge < -0.3 is 20.1 Å². The molecule has 2 N–H and O–H groups in total. The van der Waals surface area contributed by atoms with Gasteiger partial charge in [0, 0.05) is 20.7 Å². The van der Waals surface area contributed by atoms with Crippen molar-refractivity contribution in [2.24, 2.45) is 0 Å². The molecule has 1 amide bonds. The number of ether oxygens (including phenoxy) is 1. The molecule has 20 heavy (non-hydrogen) atoms. The number of amides is 1. The Morgan fingerprint density at radius 1 is 1.45 bits per heavy atom. The monoisotopic (exact) mass is 300 g/mol. The average molecular weight is 301 g/mol. The molecular formula is C13H17ClN2O4. The van der Waals surface area contributed by atoms with Gasteiger partial charge in [0.15, 0.2) is 0 Å². The molecule has 0 aliphatic heterocycles. The lowest BCUT2D eigenvalue weighted by molar-refractivity contribution is -0.119. The number of rotatable bonds is 7. The van der Waals surface area contributed by atoms with E-state index in [2.05, 4.69) is 5.32 Å². The molecule has 0 aliphatic carbocycles. The van der Waals surface area contributed by atoms with Crippen molar-refractivity contribution in [2.45, 2.75) is 0 Å². The van der Waals surface area contributed by atoms with E-state index in [4.69, 9.17) is 21.4 Å². The number of benzene rings is 1. The van der Waals surface area contributed by atoms with Crippen molar-refractivity contribution >= 4 is 29.2 Å². The zero-order valence-corrected chi connectivity index (χ0v) is 12.1. The highest BCUT2D eigenvalue weighted by Gasteiger charge is 2.18. The number of carboxylic acid groups (broad SMARTS) is 1. The molecule has 0 atom stereocenters. The Hall–Kier alpha value is -1.79. The van der Waals surface area contributed by atoms with Crippen LogP contribution >= 0.6 is 11.6 Å². The van der Waals surface area contributed by atoms with Crippen molar-refractivity contribution in [2.75, 3.05) is 38.8 Å². The number of hydrogen-bond donors (Lipinski definition) is 2. The summed E-state index contributed by atoms with van der Waals surface area (Å²) in [6.45, 7) is 0.827. The number of halogens is 1. The van der Waals surface area contributed by atoms with Gasteiger partial charge in [-0.1, -0.05) is 17.7 Å². The number of hydrogen-bond acceptors (Lipinski definition) is 4. The van der Waals surface area contributed by atoms with Crippen molar-refractivity contribution in [3.05, 3.63) is 28.8 Å². The van der Waals surface area contributed by atoms with Crippen LogP contribution in [-0.4, -0.2) is 50.8 Å². The van der Waals surface area contributed by atoms with Crippen LogP contribution in [-0.2, 0) is 9.53 Å². The van der Waals surface area contributed by atoms with Crippen molar-refractivity contribution in [1.29, 1.82) is 0 Å². The molecule has 7 heteroatoms. The summed E-state index contributed by atoms with van der Waals surface area (Å²) in [5, 5.41) is 12.1. The van der Waals surface area contributed by atoms with Crippen LogP contribution in [0, 0.1) is 0 Å². The number of para-hydroxylation sites is 1. The fraction of sp³-hybridized carbons (Fsp3) is 0.385. The molecule has 6 nitrogen and oxygen atoms in total. The number of carbonyl (C=O) groups is 2. The molecule has 0 saturated carbocycles. The predicted molar refractivity (Wildman–Crippen MR) is 76.6 cm³/mol. The van der Waals surface area contributed by atoms with Crippen LogP contribution in [0.3, 0.4) is 0 Å². The number of carboxylic acids is 1. The number of carbonyl (C=O) groups excluding carboxylic acids is 1. The Morgan fingerprint density at radius 3 is 2.75 bits per heavy atom. The van der Waals surface area contributed by atoms with Gasteiger partial charge >= 0.3 is 5.97 Å². The summed E-state index contributed by atoms with van der Waals surface area (Å²) in [5.74, 6) is -1.32. The standard InChI is InChI=1S/C13H17ClN2O4/c1-16(8-11(17)15-6-7-20-2)12-9(13(18)19)4-3-5-10(12)14/h3-5H,6-8H2,1-2H3,(H,15,17)(H,18,19). The van der Waals surface area contributed by atoms with E-state index in [0.717, 1.165) is 0 Å². The van der Waals surface area contributed by atoms with E-state index in [1.165, 1.54) is 11.0 Å².